The maximum atomic E-state index is 13.0. The average molecular weight is 387 g/mol. The van der Waals surface area contributed by atoms with Gasteiger partial charge in [-0.15, -0.1) is 0 Å². The molecule has 0 spiro atoms. The van der Waals surface area contributed by atoms with Gasteiger partial charge in [0.1, 0.15) is 0 Å². The molecule has 5 N–H and O–H groups in total. The molecule has 2 aromatic rings. The molecule has 0 radical (unpaired) electrons. The predicted molar refractivity (Wildman–Crippen MR) is 79.9 cm³/mol. The molecular weight excluding hydrogens is 369 g/mol. The summed E-state index contributed by atoms with van der Waals surface area (Å²) < 4.78 is 18.3. The minimum absolute atomic E-state index is 0.130. The first-order valence-electron chi connectivity index (χ1n) is 6.88. The number of fused-ring (bicyclic) bond motifs is 1. The molecule has 1 fully saturated rings. The molecule has 4 atom stereocenters. The summed E-state index contributed by atoms with van der Waals surface area (Å²) in [5.74, 6) is 0.130. The molecular formula is C12H18AsN5O5. The van der Waals surface area contributed by atoms with E-state index >= 15 is 0 Å². The van der Waals surface area contributed by atoms with Gasteiger partial charge in [-0.2, -0.15) is 0 Å². The normalized spacial score (nSPS) is 31.8. The van der Waals surface area contributed by atoms with Crippen LogP contribution in [0.2, 0.25) is 11.4 Å². The zero-order valence-electron chi connectivity index (χ0n) is 12.6. The number of nitrogens with zero attached hydrogens (tertiary/aromatic N) is 4. The second-order valence-corrected chi connectivity index (χ2v) is 12.8. The van der Waals surface area contributed by atoms with Crippen LogP contribution >= 0.6 is 0 Å². The van der Waals surface area contributed by atoms with Crippen LogP contribution in [-0.4, -0.2) is 73.2 Å². The fourth-order valence-corrected chi connectivity index (χ4v) is 6.79. The van der Waals surface area contributed by atoms with Crippen molar-refractivity contribution in [3.63, 3.8) is 0 Å². The first-order valence-corrected chi connectivity index (χ1v) is 12.3. The summed E-state index contributed by atoms with van der Waals surface area (Å²) >= 11 is -3.94. The Bertz CT molecular complexity index is 791. The van der Waals surface area contributed by atoms with E-state index < -0.39 is 42.9 Å². The second kappa shape index (κ2) is 5.28. The van der Waals surface area contributed by atoms with Crippen LogP contribution in [0.4, 0.5) is 5.82 Å². The summed E-state index contributed by atoms with van der Waals surface area (Å²) in [7, 11) is 0. The van der Waals surface area contributed by atoms with Gasteiger partial charge in [0.05, 0.1) is 0 Å². The van der Waals surface area contributed by atoms with Gasteiger partial charge >= 0.3 is 133 Å². The Labute approximate surface area is 133 Å². The Morgan fingerprint density at radius 1 is 1.39 bits per heavy atom. The van der Waals surface area contributed by atoms with Gasteiger partial charge in [-0.3, -0.25) is 0 Å². The summed E-state index contributed by atoms with van der Waals surface area (Å²) in [6.07, 6.45) is -1.48. The fourth-order valence-electron chi connectivity index (χ4n) is 2.92. The van der Waals surface area contributed by atoms with E-state index in [1.54, 1.807) is 0 Å². The summed E-state index contributed by atoms with van der Waals surface area (Å²) in [4.78, 5) is 12.0. The van der Waals surface area contributed by atoms with Crippen molar-refractivity contribution in [2.24, 2.45) is 0 Å². The first kappa shape index (κ1) is 16.4. The number of hydrogen-bond acceptors (Lipinski definition) is 9. The number of rotatable bonds is 3. The number of nitrogen functional groups attached to an aromatic ring is 1. The first-order chi connectivity index (χ1) is 10.7. The second-order valence-electron chi connectivity index (χ2n) is 5.83. The van der Waals surface area contributed by atoms with E-state index in [1.807, 2.05) is 0 Å². The van der Waals surface area contributed by atoms with Crippen molar-refractivity contribution in [1.82, 2.24) is 19.5 Å². The van der Waals surface area contributed by atoms with Gasteiger partial charge in [0, 0.05) is 0 Å². The molecule has 0 unspecified atom stereocenters. The van der Waals surface area contributed by atoms with Crippen molar-refractivity contribution in [3.8, 4) is 0 Å². The summed E-state index contributed by atoms with van der Waals surface area (Å²) in [5, 5.41) is 30.1. The SMILES string of the molecule is C[As](C)(=O)[C@@]1(n2cnc3c(N)ncnc32)O[C@H](CO)[C@@H](O)[C@H]1O. The number of aromatic nitrogens is 4. The van der Waals surface area contributed by atoms with Gasteiger partial charge in [-0.05, 0) is 0 Å². The number of aliphatic hydroxyl groups is 3. The van der Waals surface area contributed by atoms with Crippen molar-refractivity contribution < 1.29 is 23.8 Å². The molecule has 1 saturated heterocycles. The fraction of sp³-hybridized carbons (Fsp3) is 0.583. The summed E-state index contributed by atoms with van der Waals surface area (Å²) in [5.41, 5.74) is 9.21. The Morgan fingerprint density at radius 3 is 2.65 bits per heavy atom. The number of hydrogen-bond donors (Lipinski definition) is 4. The van der Waals surface area contributed by atoms with Gasteiger partial charge in [-0.25, -0.2) is 0 Å². The summed E-state index contributed by atoms with van der Waals surface area (Å²) in [6.45, 7) is -0.528. The van der Waals surface area contributed by atoms with E-state index in [1.165, 1.54) is 28.6 Å². The molecule has 0 aliphatic carbocycles. The van der Waals surface area contributed by atoms with Gasteiger partial charge in [0.25, 0.3) is 0 Å². The van der Waals surface area contributed by atoms with Crippen molar-refractivity contribution in [3.05, 3.63) is 12.7 Å². The Hall–Kier alpha value is -1.45. The Morgan fingerprint density at radius 2 is 2.09 bits per heavy atom. The molecule has 3 rings (SSSR count). The third kappa shape index (κ3) is 2.13. The van der Waals surface area contributed by atoms with E-state index in [-0.39, 0.29) is 17.0 Å². The van der Waals surface area contributed by atoms with Crippen molar-refractivity contribution in [2.75, 3.05) is 12.3 Å². The molecule has 0 saturated carbocycles. The molecule has 23 heavy (non-hydrogen) atoms. The van der Waals surface area contributed by atoms with Crippen LogP contribution in [0.25, 0.3) is 11.2 Å². The van der Waals surface area contributed by atoms with Crippen LogP contribution in [0.1, 0.15) is 0 Å². The van der Waals surface area contributed by atoms with Crippen molar-refractivity contribution >= 4 is 30.5 Å². The third-order valence-corrected chi connectivity index (χ3v) is 8.54. The number of nitrogens with two attached hydrogens (primary N) is 1. The van der Waals surface area contributed by atoms with E-state index in [0.29, 0.717) is 0 Å². The maximum absolute atomic E-state index is 13.0. The standard InChI is InChI=1S/C12H18AsN5O5/c1-13(2,22)12(9(21)8(20)6(3-19)23-12)18-5-17-7-10(14)15-4-16-11(7)18/h4-6,8-9,19-21H,3H2,1-2H3,(H2,14,15,16)/t6-,8-,9-,12+/m1/s1. The molecule has 0 amide bonds. The molecule has 0 aromatic carbocycles. The van der Waals surface area contributed by atoms with Gasteiger partial charge in [-0.1, -0.05) is 0 Å². The molecule has 11 heteroatoms. The predicted octanol–water partition coefficient (Wildman–Crippen LogP) is -1.65. The third-order valence-electron chi connectivity index (χ3n) is 4.07. The van der Waals surface area contributed by atoms with Crippen molar-refractivity contribution in [2.45, 2.75) is 34.2 Å². The molecule has 3 heterocycles. The van der Waals surface area contributed by atoms with Crippen molar-refractivity contribution in [1.29, 1.82) is 0 Å². The molecule has 0 bridgehead atoms. The molecule has 1 aliphatic heterocycles. The topological polar surface area (TPSA) is 157 Å². The number of imidazole rings is 1. The number of ether oxygens (including phenoxy) is 1. The van der Waals surface area contributed by atoms with Crippen LogP contribution in [0.3, 0.4) is 0 Å². The minimum atomic E-state index is -3.94. The van der Waals surface area contributed by atoms with E-state index in [9.17, 15) is 19.1 Å². The molecule has 1 aliphatic rings. The zero-order valence-corrected chi connectivity index (χ0v) is 14.4. The summed E-state index contributed by atoms with van der Waals surface area (Å²) in [6, 6.07) is 0. The molecule has 2 aromatic heterocycles. The van der Waals surface area contributed by atoms with Gasteiger partial charge in [0.15, 0.2) is 0 Å². The number of anilines is 1. The number of aliphatic hydroxyl groups excluding tert-OH is 3. The monoisotopic (exact) mass is 387 g/mol. The molecule has 10 nitrogen and oxygen atoms in total. The Balaban J connectivity index is 2.30. The van der Waals surface area contributed by atoms with E-state index in [2.05, 4.69) is 15.0 Å². The molecule has 126 valence electrons. The van der Waals surface area contributed by atoms with E-state index in [4.69, 9.17) is 10.5 Å². The van der Waals surface area contributed by atoms with Gasteiger partial charge in [0.2, 0.25) is 0 Å². The Kier molecular flexibility index (Phi) is 3.77. The van der Waals surface area contributed by atoms with Crippen LogP contribution in [0.5, 0.6) is 0 Å². The van der Waals surface area contributed by atoms with E-state index in [0.717, 1.165) is 0 Å². The quantitative estimate of drug-likeness (QED) is 0.453. The average Bonchev–Trinajstić information content (AvgIpc) is 3.01. The van der Waals surface area contributed by atoms with Crippen LogP contribution in [0.15, 0.2) is 12.7 Å². The van der Waals surface area contributed by atoms with Crippen LogP contribution < -0.4 is 5.73 Å². The van der Waals surface area contributed by atoms with Crippen LogP contribution in [-0.2, 0) is 13.0 Å². The van der Waals surface area contributed by atoms with Crippen LogP contribution in [0, 0.1) is 0 Å². The van der Waals surface area contributed by atoms with Gasteiger partial charge < -0.3 is 0 Å². The zero-order chi connectivity index (χ0) is 17.0.